The highest BCUT2D eigenvalue weighted by molar-refractivity contribution is 5.25. The van der Waals surface area contributed by atoms with Crippen molar-refractivity contribution in [2.24, 2.45) is 52.3 Å². The molecule has 9 atom stereocenters. The van der Waals surface area contributed by atoms with Gasteiger partial charge in [-0.05, 0) is 104 Å². The standard InChI is InChI=1S/C28H46O/c1-18(2)19(3)7-8-20(4)24-11-12-25-23-10-9-21-17-22(29)13-15-27(21,5)26(23)14-16-28(24,25)6/h7-9,18-20,22-26,29H,10-17H2,1-6H3/b8-7+/t19-,20?,22?,23?,24?,25?,26?,27?,28?/m0/s1. The Kier molecular flexibility index (Phi) is 5.86. The summed E-state index contributed by atoms with van der Waals surface area (Å²) in [6.07, 6.45) is 17.7. The van der Waals surface area contributed by atoms with Gasteiger partial charge in [-0.1, -0.05) is 65.3 Å². The van der Waals surface area contributed by atoms with E-state index >= 15 is 0 Å². The summed E-state index contributed by atoms with van der Waals surface area (Å²) in [6.45, 7) is 14.7. The van der Waals surface area contributed by atoms with Crippen LogP contribution < -0.4 is 0 Å². The highest BCUT2D eigenvalue weighted by Gasteiger charge is 2.58. The van der Waals surface area contributed by atoms with Crippen molar-refractivity contribution in [1.29, 1.82) is 0 Å². The van der Waals surface area contributed by atoms with Gasteiger partial charge in [-0.25, -0.2) is 0 Å². The third-order valence-electron chi connectivity index (χ3n) is 10.6. The van der Waals surface area contributed by atoms with Crippen LogP contribution in [0, 0.1) is 52.3 Å². The number of hydrogen-bond donors (Lipinski definition) is 1. The van der Waals surface area contributed by atoms with E-state index in [4.69, 9.17) is 0 Å². The fourth-order valence-electron chi connectivity index (χ4n) is 8.25. The van der Waals surface area contributed by atoms with Crippen molar-refractivity contribution in [2.75, 3.05) is 0 Å². The minimum atomic E-state index is -0.0866. The Hall–Kier alpha value is -0.560. The molecule has 0 spiro atoms. The highest BCUT2D eigenvalue weighted by atomic mass is 16.3. The molecule has 29 heavy (non-hydrogen) atoms. The third kappa shape index (κ3) is 3.58. The Morgan fingerprint density at radius 3 is 2.45 bits per heavy atom. The van der Waals surface area contributed by atoms with Gasteiger partial charge in [0, 0.05) is 0 Å². The molecule has 4 aliphatic rings. The van der Waals surface area contributed by atoms with Crippen molar-refractivity contribution in [2.45, 2.75) is 99.0 Å². The number of fused-ring (bicyclic) bond motifs is 5. The molecule has 4 aliphatic carbocycles. The third-order valence-corrected chi connectivity index (χ3v) is 10.6. The zero-order valence-corrected chi connectivity index (χ0v) is 20.0. The van der Waals surface area contributed by atoms with Crippen LogP contribution in [0.15, 0.2) is 23.8 Å². The van der Waals surface area contributed by atoms with Gasteiger partial charge in [-0.2, -0.15) is 0 Å². The van der Waals surface area contributed by atoms with Gasteiger partial charge < -0.3 is 5.11 Å². The normalized spacial score (nSPS) is 46.8. The molecule has 0 aromatic heterocycles. The van der Waals surface area contributed by atoms with Gasteiger partial charge in [0.25, 0.3) is 0 Å². The first kappa shape index (κ1) is 21.7. The summed E-state index contributed by atoms with van der Waals surface area (Å²) in [5.74, 6) is 5.63. The molecule has 0 aromatic carbocycles. The molecule has 0 radical (unpaired) electrons. The van der Waals surface area contributed by atoms with E-state index in [-0.39, 0.29) is 6.10 Å². The molecule has 8 unspecified atom stereocenters. The lowest BCUT2D eigenvalue weighted by atomic mass is 9.47. The van der Waals surface area contributed by atoms with Gasteiger partial charge in [0.15, 0.2) is 0 Å². The van der Waals surface area contributed by atoms with Gasteiger partial charge in [0.1, 0.15) is 0 Å². The summed E-state index contributed by atoms with van der Waals surface area (Å²) in [7, 11) is 0. The van der Waals surface area contributed by atoms with E-state index in [1.54, 1.807) is 5.57 Å². The maximum atomic E-state index is 10.2. The molecule has 4 rings (SSSR count). The molecular weight excluding hydrogens is 352 g/mol. The van der Waals surface area contributed by atoms with E-state index in [0.717, 1.165) is 42.4 Å². The van der Waals surface area contributed by atoms with Crippen molar-refractivity contribution in [3.63, 3.8) is 0 Å². The summed E-state index contributed by atoms with van der Waals surface area (Å²) in [4.78, 5) is 0. The smallest absolute Gasteiger partial charge is 0.0577 e. The maximum absolute atomic E-state index is 10.2. The monoisotopic (exact) mass is 398 g/mol. The quantitative estimate of drug-likeness (QED) is 0.489. The van der Waals surface area contributed by atoms with Gasteiger partial charge in [-0.3, -0.25) is 0 Å². The molecule has 0 heterocycles. The first-order valence-electron chi connectivity index (χ1n) is 12.7. The van der Waals surface area contributed by atoms with Crippen LogP contribution in [0.4, 0.5) is 0 Å². The summed E-state index contributed by atoms with van der Waals surface area (Å²) in [5, 5.41) is 10.2. The first-order valence-corrected chi connectivity index (χ1v) is 12.7. The lowest BCUT2D eigenvalue weighted by molar-refractivity contribution is -0.0540. The first-order chi connectivity index (χ1) is 13.7. The number of rotatable bonds is 4. The molecule has 0 bridgehead atoms. The van der Waals surface area contributed by atoms with Gasteiger partial charge in [0.2, 0.25) is 0 Å². The zero-order valence-electron chi connectivity index (χ0n) is 20.0. The largest absolute Gasteiger partial charge is 0.393 e. The summed E-state index contributed by atoms with van der Waals surface area (Å²) >= 11 is 0. The van der Waals surface area contributed by atoms with E-state index < -0.39 is 0 Å². The van der Waals surface area contributed by atoms with Gasteiger partial charge >= 0.3 is 0 Å². The zero-order chi connectivity index (χ0) is 21.0. The molecule has 3 fully saturated rings. The van der Waals surface area contributed by atoms with Crippen molar-refractivity contribution in [1.82, 2.24) is 0 Å². The van der Waals surface area contributed by atoms with E-state index in [9.17, 15) is 5.11 Å². The van der Waals surface area contributed by atoms with Crippen LogP contribution in [-0.4, -0.2) is 11.2 Å². The summed E-state index contributed by atoms with van der Waals surface area (Å²) in [5.41, 5.74) is 2.51. The molecule has 0 amide bonds. The Labute approximate surface area is 180 Å². The van der Waals surface area contributed by atoms with Crippen LogP contribution in [0.25, 0.3) is 0 Å². The van der Waals surface area contributed by atoms with Crippen LogP contribution in [0.3, 0.4) is 0 Å². The maximum Gasteiger partial charge on any atom is 0.0577 e. The Bertz CT molecular complexity index is 659. The number of aliphatic hydroxyl groups is 1. The highest BCUT2D eigenvalue weighted by Crippen LogP contribution is 2.67. The minimum Gasteiger partial charge on any atom is -0.393 e. The molecule has 1 heteroatoms. The molecular formula is C28H46O. The molecule has 1 nitrogen and oxygen atoms in total. The fourth-order valence-corrected chi connectivity index (χ4v) is 8.25. The molecule has 0 saturated heterocycles. The lowest BCUT2D eigenvalue weighted by Crippen LogP contribution is -2.50. The molecule has 0 aliphatic heterocycles. The molecule has 0 aromatic rings. The van der Waals surface area contributed by atoms with Crippen molar-refractivity contribution in [3.05, 3.63) is 23.8 Å². The average molecular weight is 399 g/mol. The minimum absolute atomic E-state index is 0.0866. The number of aliphatic hydroxyl groups excluding tert-OH is 1. The molecule has 3 saturated carbocycles. The number of allylic oxidation sites excluding steroid dienone is 3. The fraction of sp³-hybridized carbons (Fsp3) is 0.857. The predicted molar refractivity (Wildman–Crippen MR) is 124 cm³/mol. The van der Waals surface area contributed by atoms with E-state index in [0.29, 0.717) is 22.7 Å². The second-order valence-electron chi connectivity index (χ2n) is 12.2. The molecule has 1 N–H and O–H groups in total. The van der Waals surface area contributed by atoms with E-state index in [2.05, 4.69) is 59.8 Å². The Morgan fingerprint density at radius 2 is 1.72 bits per heavy atom. The van der Waals surface area contributed by atoms with Crippen LogP contribution >= 0.6 is 0 Å². The predicted octanol–water partition coefficient (Wildman–Crippen LogP) is 7.41. The van der Waals surface area contributed by atoms with Crippen LogP contribution in [-0.2, 0) is 0 Å². The van der Waals surface area contributed by atoms with Gasteiger partial charge in [-0.15, -0.1) is 0 Å². The summed E-state index contributed by atoms with van der Waals surface area (Å²) < 4.78 is 0. The average Bonchev–Trinajstić information content (AvgIpc) is 3.03. The second-order valence-corrected chi connectivity index (χ2v) is 12.2. The van der Waals surface area contributed by atoms with Crippen molar-refractivity contribution in [3.8, 4) is 0 Å². The molecule has 164 valence electrons. The Balaban J connectivity index is 1.53. The summed E-state index contributed by atoms with van der Waals surface area (Å²) in [6, 6.07) is 0. The SMILES string of the molecule is CC(/C=C/[C@H](C)C(C)C)C1CCC2C3CC=C4CC(O)CCC4(C)C3CCC12C. The Morgan fingerprint density at radius 1 is 0.966 bits per heavy atom. The second kappa shape index (κ2) is 7.85. The van der Waals surface area contributed by atoms with Crippen molar-refractivity contribution < 1.29 is 5.11 Å². The van der Waals surface area contributed by atoms with Crippen LogP contribution in [0.2, 0.25) is 0 Å². The van der Waals surface area contributed by atoms with Crippen molar-refractivity contribution >= 4 is 0 Å². The van der Waals surface area contributed by atoms with Crippen LogP contribution in [0.5, 0.6) is 0 Å². The number of hydrogen-bond acceptors (Lipinski definition) is 1. The van der Waals surface area contributed by atoms with Crippen LogP contribution in [0.1, 0.15) is 92.9 Å². The van der Waals surface area contributed by atoms with Gasteiger partial charge in [0.05, 0.1) is 6.10 Å². The van der Waals surface area contributed by atoms with E-state index in [1.165, 1.54) is 38.5 Å². The topological polar surface area (TPSA) is 20.2 Å². The van der Waals surface area contributed by atoms with E-state index in [1.807, 2.05) is 0 Å². The lowest BCUT2D eigenvalue weighted by Gasteiger charge is -2.58.